The van der Waals surface area contributed by atoms with Gasteiger partial charge in [-0.25, -0.2) is 13.2 Å². The topological polar surface area (TPSA) is 94.6 Å². The van der Waals surface area contributed by atoms with Gasteiger partial charge in [0.2, 0.25) is 0 Å². The van der Waals surface area contributed by atoms with Crippen molar-refractivity contribution in [1.82, 2.24) is 0 Å². The van der Waals surface area contributed by atoms with Gasteiger partial charge in [-0.1, -0.05) is 12.1 Å². The molecular formula is C9H7F3O6S2. The number of sulfone groups is 1. The zero-order valence-corrected chi connectivity index (χ0v) is 11.3. The zero-order valence-electron chi connectivity index (χ0n) is 9.71. The Balaban J connectivity index is 3.36. The van der Waals surface area contributed by atoms with Crippen molar-refractivity contribution in [2.75, 3.05) is 6.26 Å². The van der Waals surface area contributed by atoms with Gasteiger partial charge in [-0.2, -0.15) is 21.6 Å². The number of rotatable bonds is 3. The van der Waals surface area contributed by atoms with Crippen LogP contribution < -0.4 is 0 Å². The van der Waals surface area contributed by atoms with Crippen molar-refractivity contribution < 1.29 is 39.0 Å². The lowest BCUT2D eigenvalue weighted by atomic mass is 10.4. The van der Waals surface area contributed by atoms with Gasteiger partial charge in [0.25, 0.3) is 0 Å². The highest BCUT2D eigenvalue weighted by Crippen LogP contribution is 2.25. The molecule has 0 heterocycles. The lowest BCUT2D eigenvalue weighted by molar-refractivity contribution is -0.189. The molecule has 0 radical (unpaired) electrons. The van der Waals surface area contributed by atoms with Gasteiger partial charge in [0.1, 0.15) is 4.90 Å². The van der Waals surface area contributed by atoms with Crippen LogP contribution in [0, 0.1) is 0 Å². The van der Waals surface area contributed by atoms with E-state index in [0.29, 0.717) is 6.26 Å². The van der Waals surface area contributed by atoms with Crippen molar-refractivity contribution in [2.45, 2.75) is 16.0 Å². The summed E-state index contributed by atoms with van der Waals surface area (Å²) in [5, 5.41) is 0. The standard InChI is InChI=1S/C9H7F3O6S2/c1-19(14,15)6-4-2-3-5-7(6)20(16,17)18-8(13)9(10,11)12/h2-5H,1H3. The summed E-state index contributed by atoms with van der Waals surface area (Å²) in [6.07, 6.45) is -4.86. The van der Waals surface area contributed by atoms with Crippen LogP contribution in [-0.2, 0) is 28.9 Å². The van der Waals surface area contributed by atoms with Crippen molar-refractivity contribution in [2.24, 2.45) is 0 Å². The number of alkyl halides is 3. The molecule has 0 unspecified atom stereocenters. The molecular weight excluding hydrogens is 325 g/mol. The Kier molecular flexibility index (Phi) is 4.15. The first-order valence-electron chi connectivity index (χ1n) is 4.70. The van der Waals surface area contributed by atoms with Gasteiger partial charge >= 0.3 is 22.3 Å². The van der Waals surface area contributed by atoms with Crippen molar-refractivity contribution >= 4 is 25.9 Å². The molecule has 11 heteroatoms. The fraction of sp³-hybridized carbons (Fsp3) is 0.222. The molecule has 0 saturated heterocycles. The highest BCUT2D eigenvalue weighted by Gasteiger charge is 2.44. The molecule has 1 rings (SSSR count). The first-order valence-corrected chi connectivity index (χ1v) is 8.00. The summed E-state index contributed by atoms with van der Waals surface area (Å²) < 4.78 is 85.1. The van der Waals surface area contributed by atoms with E-state index < -0.39 is 41.9 Å². The van der Waals surface area contributed by atoms with Gasteiger partial charge in [-0.15, -0.1) is 0 Å². The predicted octanol–water partition coefficient (Wildman–Crippen LogP) is 0.884. The molecule has 0 aliphatic rings. The number of benzene rings is 1. The Morgan fingerprint density at radius 3 is 1.90 bits per heavy atom. The summed E-state index contributed by atoms with van der Waals surface area (Å²) in [6.45, 7) is 0. The first kappa shape index (κ1) is 16.4. The number of halogens is 3. The van der Waals surface area contributed by atoms with E-state index in [4.69, 9.17) is 0 Å². The quantitative estimate of drug-likeness (QED) is 0.763. The summed E-state index contributed by atoms with van der Waals surface area (Å²) in [5.41, 5.74) is 0. The Morgan fingerprint density at radius 2 is 1.50 bits per heavy atom. The predicted molar refractivity (Wildman–Crippen MR) is 58.9 cm³/mol. The Morgan fingerprint density at radius 1 is 1.05 bits per heavy atom. The second-order valence-corrected chi connectivity index (χ2v) is 7.04. The molecule has 0 amide bonds. The maximum absolute atomic E-state index is 12.0. The maximum Gasteiger partial charge on any atom is 0.492 e. The Bertz CT molecular complexity index is 733. The second-order valence-electron chi connectivity index (χ2n) is 3.54. The SMILES string of the molecule is CS(=O)(=O)c1ccccc1S(=O)(=O)OC(=O)C(F)(F)F. The highest BCUT2D eigenvalue weighted by molar-refractivity contribution is 7.92. The molecule has 0 bridgehead atoms. The van der Waals surface area contributed by atoms with Crippen molar-refractivity contribution in [3.05, 3.63) is 24.3 Å². The molecule has 1 aromatic carbocycles. The molecule has 0 atom stereocenters. The third-order valence-electron chi connectivity index (χ3n) is 1.93. The van der Waals surface area contributed by atoms with Gasteiger partial charge in [-0.05, 0) is 12.1 Å². The molecule has 0 N–H and O–H groups in total. The van der Waals surface area contributed by atoms with E-state index in [0.717, 1.165) is 18.2 Å². The molecule has 0 aliphatic carbocycles. The van der Waals surface area contributed by atoms with E-state index in [9.17, 15) is 34.8 Å². The summed E-state index contributed by atoms with van der Waals surface area (Å²) in [4.78, 5) is 8.73. The molecule has 1 aromatic rings. The molecule has 0 aromatic heterocycles. The van der Waals surface area contributed by atoms with E-state index in [1.54, 1.807) is 0 Å². The summed E-state index contributed by atoms with van der Waals surface area (Å²) in [7, 11) is -9.24. The van der Waals surface area contributed by atoms with Crippen LogP contribution in [0.15, 0.2) is 34.1 Å². The molecule has 0 saturated carbocycles. The average Bonchev–Trinajstić information content (AvgIpc) is 2.26. The number of carbonyl (C=O) groups excluding carboxylic acids is 1. The lowest BCUT2D eigenvalue weighted by Gasteiger charge is -2.10. The average molecular weight is 332 g/mol. The minimum absolute atomic E-state index is 0.660. The molecule has 112 valence electrons. The highest BCUT2D eigenvalue weighted by atomic mass is 32.2. The van der Waals surface area contributed by atoms with Crippen LogP contribution >= 0.6 is 0 Å². The summed E-state index contributed by atoms with van der Waals surface area (Å²) >= 11 is 0. The monoisotopic (exact) mass is 332 g/mol. The van der Waals surface area contributed by atoms with Crippen molar-refractivity contribution in [1.29, 1.82) is 0 Å². The van der Waals surface area contributed by atoms with Crippen LogP contribution in [0.4, 0.5) is 13.2 Å². The van der Waals surface area contributed by atoms with Crippen LogP contribution in [0.3, 0.4) is 0 Å². The zero-order chi connectivity index (χ0) is 15.8. The third kappa shape index (κ3) is 3.70. The lowest BCUT2D eigenvalue weighted by Crippen LogP contribution is -2.28. The van der Waals surface area contributed by atoms with Crippen LogP contribution in [-0.4, -0.2) is 35.2 Å². The minimum Gasteiger partial charge on any atom is -0.334 e. The summed E-state index contributed by atoms with van der Waals surface area (Å²) in [6, 6.07) is 3.82. The summed E-state index contributed by atoms with van der Waals surface area (Å²) in [5.74, 6) is -2.96. The van der Waals surface area contributed by atoms with E-state index in [1.165, 1.54) is 6.07 Å². The fourth-order valence-electron chi connectivity index (χ4n) is 1.15. The fourth-order valence-corrected chi connectivity index (χ4v) is 3.62. The van der Waals surface area contributed by atoms with Gasteiger partial charge in [0.15, 0.2) is 9.84 Å². The normalized spacial score (nSPS) is 13.0. The number of hydrogen-bond acceptors (Lipinski definition) is 6. The van der Waals surface area contributed by atoms with Crippen LogP contribution in [0.5, 0.6) is 0 Å². The first-order chi connectivity index (χ1) is 8.86. The minimum atomic E-state index is -5.52. The van der Waals surface area contributed by atoms with E-state index in [1.807, 2.05) is 0 Å². The van der Waals surface area contributed by atoms with Crippen LogP contribution in [0.1, 0.15) is 0 Å². The molecule has 0 aliphatic heterocycles. The van der Waals surface area contributed by atoms with Crippen LogP contribution in [0.2, 0.25) is 0 Å². The maximum atomic E-state index is 12.0. The Hall–Kier alpha value is -1.62. The molecule has 0 fully saturated rings. The molecule has 6 nitrogen and oxygen atoms in total. The third-order valence-corrected chi connectivity index (χ3v) is 4.48. The van der Waals surface area contributed by atoms with E-state index in [2.05, 4.69) is 4.18 Å². The number of hydrogen-bond donors (Lipinski definition) is 0. The van der Waals surface area contributed by atoms with Gasteiger partial charge < -0.3 is 4.18 Å². The van der Waals surface area contributed by atoms with Crippen molar-refractivity contribution in [3.63, 3.8) is 0 Å². The van der Waals surface area contributed by atoms with Gasteiger partial charge in [0.05, 0.1) is 4.90 Å². The van der Waals surface area contributed by atoms with Crippen molar-refractivity contribution in [3.8, 4) is 0 Å². The molecule has 20 heavy (non-hydrogen) atoms. The number of carbonyl (C=O) groups is 1. The molecule has 0 spiro atoms. The smallest absolute Gasteiger partial charge is 0.334 e. The largest absolute Gasteiger partial charge is 0.492 e. The second kappa shape index (κ2) is 5.05. The van der Waals surface area contributed by atoms with Gasteiger partial charge in [-0.3, -0.25) is 0 Å². The van der Waals surface area contributed by atoms with E-state index in [-0.39, 0.29) is 0 Å². The van der Waals surface area contributed by atoms with E-state index >= 15 is 0 Å². The Labute approximate surface area is 112 Å². The van der Waals surface area contributed by atoms with Gasteiger partial charge in [0, 0.05) is 6.26 Å². The van der Waals surface area contributed by atoms with Crippen LogP contribution in [0.25, 0.3) is 0 Å².